The summed E-state index contributed by atoms with van der Waals surface area (Å²) >= 11 is 0. The van der Waals surface area contributed by atoms with Crippen molar-refractivity contribution in [3.8, 4) is 45.0 Å². The van der Waals surface area contributed by atoms with E-state index in [1.54, 1.807) is 24.8 Å². The fourth-order valence-corrected chi connectivity index (χ4v) is 7.90. The van der Waals surface area contributed by atoms with Crippen LogP contribution in [0.15, 0.2) is 73.3 Å². The molecular formula is C44H34N8O4. The summed E-state index contributed by atoms with van der Waals surface area (Å²) in [6.07, 6.45) is 18.2. The molecule has 12 nitrogen and oxygen atoms in total. The second kappa shape index (κ2) is 13.1. The molecule has 8 bridgehead atoms. The van der Waals surface area contributed by atoms with E-state index in [0.717, 1.165) is 92.2 Å². The van der Waals surface area contributed by atoms with Gasteiger partial charge in [-0.05, 0) is 72.8 Å². The minimum atomic E-state index is 0.522. The highest BCUT2D eigenvalue weighted by Gasteiger charge is 2.22. The number of aromatic amines is 2. The summed E-state index contributed by atoms with van der Waals surface area (Å²) in [6, 6.07) is 15.3. The van der Waals surface area contributed by atoms with Gasteiger partial charge in [0.1, 0.15) is 0 Å². The van der Waals surface area contributed by atoms with E-state index >= 15 is 0 Å². The van der Waals surface area contributed by atoms with Crippen LogP contribution in [-0.2, 0) is 28.2 Å². The number of aryl methyl sites for hydroxylation is 4. The molecule has 0 aromatic carbocycles. The Labute approximate surface area is 319 Å². The topological polar surface area (TPSA) is 145 Å². The molecule has 0 saturated carbocycles. The minimum Gasteiger partial charge on any atom is -0.354 e. The summed E-state index contributed by atoms with van der Waals surface area (Å²) in [5.74, 6) is 0. The van der Waals surface area contributed by atoms with Crippen LogP contribution in [-0.4, -0.2) is 63.3 Å². The average Bonchev–Trinajstić information content (AvgIpc) is 4.05. The Morgan fingerprint density at radius 3 is 0.839 bits per heavy atom. The van der Waals surface area contributed by atoms with Crippen LogP contribution in [0.2, 0.25) is 0 Å². The third-order valence-corrected chi connectivity index (χ3v) is 10.4. The zero-order valence-corrected chi connectivity index (χ0v) is 30.9. The Balaban J connectivity index is 1.50. The van der Waals surface area contributed by atoms with Gasteiger partial charge in [0.25, 0.3) is 0 Å². The van der Waals surface area contributed by atoms with E-state index in [1.165, 1.54) is 0 Å². The van der Waals surface area contributed by atoms with Crippen LogP contribution in [0, 0.1) is 0 Å². The highest BCUT2D eigenvalue weighted by molar-refractivity contribution is 6.00. The van der Waals surface area contributed by atoms with Crippen molar-refractivity contribution in [1.82, 2.24) is 38.2 Å². The predicted molar refractivity (Wildman–Crippen MR) is 218 cm³/mol. The van der Waals surface area contributed by atoms with Crippen molar-refractivity contribution >= 4 is 71.5 Å². The highest BCUT2D eigenvalue weighted by atomic mass is 16.1. The Kier molecular flexibility index (Phi) is 7.97. The molecule has 0 saturated heterocycles. The van der Waals surface area contributed by atoms with Crippen LogP contribution in [0.4, 0.5) is 0 Å². The molecule has 0 spiro atoms. The quantitative estimate of drug-likeness (QED) is 0.152. The number of aldehydes is 4. The second-order valence-electron chi connectivity index (χ2n) is 14.1. The molecule has 2 N–H and O–H groups in total. The molecule has 0 radical (unpaired) electrons. The molecule has 7 aromatic rings. The van der Waals surface area contributed by atoms with E-state index in [2.05, 4.69) is 9.97 Å². The van der Waals surface area contributed by atoms with Crippen LogP contribution in [0.5, 0.6) is 0 Å². The third-order valence-electron chi connectivity index (χ3n) is 10.4. The lowest BCUT2D eigenvalue weighted by molar-refractivity contribution is 0.111. The number of nitrogens with zero attached hydrogens (tertiary/aromatic N) is 6. The van der Waals surface area contributed by atoms with E-state index in [-0.39, 0.29) is 0 Å². The summed E-state index contributed by atoms with van der Waals surface area (Å²) in [6.45, 7) is 0. The van der Waals surface area contributed by atoms with Gasteiger partial charge < -0.3 is 28.2 Å². The Bertz CT molecular complexity index is 2660. The van der Waals surface area contributed by atoms with Gasteiger partial charge in [0, 0.05) is 97.5 Å². The number of nitrogens with one attached hydrogen (secondary N) is 2. The molecule has 12 heteroatoms. The predicted octanol–water partition coefficient (Wildman–Crippen LogP) is 7.93. The number of rotatable bonds is 8. The number of fused-ring (bicyclic) bond motifs is 8. The average molecular weight is 739 g/mol. The minimum absolute atomic E-state index is 0.522. The van der Waals surface area contributed by atoms with Gasteiger partial charge >= 0.3 is 0 Å². The second-order valence-corrected chi connectivity index (χ2v) is 14.1. The maximum absolute atomic E-state index is 12.0. The molecule has 0 aliphatic carbocycles. The van der Waals surface area contributed by atoms with Gasteiger partial charge in [0.15, 0.2) is 25.1 Å². The van der Waals surface area contributed by atoms with Crippen LogP contribution in [0.25, 0.3) is 91.4 Å². The Morgan fingerprint density at radius 2 is 0.643 bits per heavy atom. The summed E-state index contributed by atoms with van der Waals surface area (Å²) in [7, 11) is 7.56. The van der Waals surface area contributed by atoms with Crippen LogP contribution in [0.3, 0.4) is 0 Å². The Morgan fingerprint density at radius 1 is 0.411 bits per heavy atom. The van der Waals surface area contributed by atoms with E-state index in [9.17, 15) is 19.2 Å². The van der Waals surface area contributed by atoms with Gasteiger partial charge in [-0.25, -0.2) is 9.97 Å². The van der Waals surface area contributed by atoms with Crippen molar-refractivity contribution in [3.05, 3.63) is 118 Å². The lowest BCUT2D eigenvalue weighted by Crippen LogP contribution is -1.95. The maximum atomic E-state index is 12.0. The van der Waals surface area contributed by atoms with Gasteiger partial charge in [0.05, 0.1) is 67.6 Å². The van der Waals surface area contributed by atoms with Crippen molar-refractivity contribution in [3.63, 3.8) is 0 Å². The van der Waals surface area contributed by atoms with Crippen LogP contribution in [0.1, 0.15) is 64.2 Å². The fourth-order valence-electron chi connectivity index (χ4n) is 7.90. The molecule has 274 valence electrons. The molecule has 0 fully saturated rings. The monoisotopic (exact) mass is 738 g/mol. The van der Waals surface area contributed by atoms with E-state index in [0.29, 0.717) is 45.0 Å². The van der Waals surface area contributed by atoms with Gasteiger partial charge in [-0.2, -0.15) is 0 Å². The van der Waals surface area contributed by atoms with E-state index in [4.69, 9.17) is 9.97 Å². The summed E-state index contributed by atoms with van der Waals surface area (Å²) in [4.78, 5) is 65.8. The Hall–Kier alpha value is -7.60. The molecule has 2 aliphatic heterocycles. The first-order chi connectivity index (χ1) is 27.2. The third kappa shape index (κ3) is 5.46. The molecule has 0 atom stereocenters. The highest BCUT2D eigenvalue weighted by Crippen LogP contribution is 2.39. The number of carbonyl (C=O) groups is 4. The van der Waals surface area contributed by atoms with Crippen molar-refractivity contribution in [2.24, 2.45) is 28.2 Å². The van der Waals surface area contributed by atoms with Crippen molar-refractivity contribution in [1.29, 1.82) is 0 Å². The molecule has 56 heavy (non-hydrogen) atoms. The molecular weight excluding hydrogens is 705 g/mol. The zero-order valence-electron chi connectivity index (χ0n) is 30.9. The smallest absolute Gasteiger partial charge is 0.151 e. The van der Waals surface area contributed by atoms with Crippen LogP contribution >= 0.6 is 0 Å². The number of H-pyrrole nitrogens is 2. The van der Waals surface area contributed by atoms with E-state index in [1.807, 2.05) is 119 Å². The largest absolute Gasteiger partial charge is 0.354 e. The summed E-state index contributed by atoms with van der Waals surface area (Å²) in [5, 5.41) is 0. The summed E-state index contributed by atoms with van der Waals surface area (Å²) in [5.41, 5.74) is 13.8. The lowest BCUT2D eigenvalue weighted by Gasteiger charge is -2.08. The van der Waals surface area contributed by atoms with Crippen molar-refractivity contribution in [2.75, 3.05) is 0 Å². The standard InChI is InChI=1S/C44H34N8O4/c1-49-17-25(21-53)13-37(49)41-29-5-7-31(45-29)42(38-14-26(22-54)18-50(38)2)33-9-11-35(47-33)44(40-16-28(24-56)20-52(40)4)36-12-10-34(48-36)43(32-8-6-30(41)46-32)39-15-27(23-55)19-51(39)3/h5-24,45,48H,1-4H3. The first-order valence-corrected chi connectivity index (χ1v) is 17.8. The molecule has 0 amide bonds. The molecule has 0 unspecified atom stereocenters. The number of hydrogen-bond donors (Lipinski definition) is 2. The molecule has 9 heterocycles. The van der Waals surface area contributed by atoms with Crippen molar-refractivity contribution in [2.45, 2.75) is 0 Å². The summed E-state index contributed by atoms with van der Waals surface area (Å²) < 4.78 is 7.62. The van der Waals surface area contributed by atoms with Crippen molar-refractivity contribution < 1.29 is 19.2 Å². The van der Waals surface area contributed by atoms with Gasteiger partial charge in [-0.1, -0.05) is 0 Å². The first kappa shape index (κ1) is 34.2. The number of aromatic nitrogens is 8. The van der Waals surface area contributed by atoms with E-state index < -0.39 is 0 Å². The first-order valence-electron chi connectivity index (χ1n) is 17.8. The fraction of sp³-hybridized carbons (Fsp3) is 0.0909. The van der Waals surface area contributed by atoms with Gasteiger partial charge in [-0.3, -0.25) is 19.2 Å². The van der Waals surface area contributed by atoms with Gasteiger partial charge in [0.2, 0.25) is 0 Å². The molecule has 9 rings (SSSR count). The number of carbonyl (C=O) groups excluding carboxylic acids is 4. The molecule has 7 aromatic heterocycles. The number of hydrogen-bond acceptors (Lipinski definition) is 6. The SMILES string of the molecule is Cn1cc(C=O)cc1-c1c2nc(c(-c3cc(C=O)cn3C)c3ccc([nH]3)c(-c3cc(C=O)cn3C)c3nc(c(-c4cc(C=O)cn4C)c4ccc1[nH]4)C=C3)C=C2. The van der Waals surface area contributed by atoms with Gasteiger partial charge in [-0.15, -0.1) is 0 Å². The normalized spacial score (nSPS) is 12.1. The van der Waals surface area contributed by atoms with Crippen LogP contribution < -0.4 is 0 Å². The maximum Gasteiger partial charge on any atom is 0.151 e. The lowest BCUT2D eigenvalue weighted by atomic mass is 10.1. The zero-order chi connectivity index (χ0) is 38.8. The molecule has 2 aliphatic rings.